The minimum Gasteiger partial charge on any atom is -0.497 e. The topological polar surface area (TPSA) is 61.8 Å². The molecule has 1 aliphatic heterocycles. The van der Waals surface area contributed by atoms with Gasteiger partial charge in [-0.25, -0.2) is 0 Å². The van der Waals surface area contributed by atoms with Crippen LogP contribution in [0.25, 0.3) is 0 Å². The van der Waals surface area contributed by atoms with E-state index in [-0.39, 0.29) is 18.8 Å². The predicted molar refractivity (Wildman–Crippen MR) is 116 cm³/mol. The first kappa shape index (κ1) is 19.5. The van der Waals surface area contributed by atoms with Crippen LogP contribution in [0.4, 0.5) is 5.69 Å². The molecule has 2 atom stereocenters. The third-order valence-corrected chi connectivity index (χ3v) is 5.62. The zero-order chi connectivity index (χ0) is 20.4. The highest BCUT2D eigenvalue weighted by Gasteiger charge is 2.37. The Labute approximate surface area is 178 Å². The molecule has 1 aliphatic rings. The van der Waals surface area contributed by atoms with Gasteiger partial charge in [-0.1, -0.05) is 58.4 Å². The maximum Gasteiger partial charge on any atom is 0.317 e. The molecule has 0 aromatic heterocycles. The van der Waals surface area contributed by atoms with E-state index >= 15 is 0 Å². The van der Waals surface area contributed by atoms with Crippen molar-refractivity contribution in [2.75, 3.05) is 19.0 Å². The molecule has 4 rings (SSSR count). The molecule has 0 fully saturated rings. The first-order valence-corrected chi connectivity index (χ1v) is 10.1. The maximum absolute atomic E-state index is 11.8. The van der Waals surface area contributed by atoms with Gasteiger partial charge in [0, 0.05) is 10.2 Å². The Morgan fingerprint density at radius 1 is 1.07 bits per heavy atom. The largest absolute Gasteiger partial charge is 0.497 e. The van der Waals surface area contributed by atoms with Gasteiger partial charge in [-0.2, -0.15) is 0 Å². The lowest BCUT2D eigenvalue weighted by molar-refractivity contribution is -0.139. The van der Waals surface area contributed by atoms with Gasteiger partial charge < -0.3 is 15.2 Å². The van der Waals surface area contributed by atoms with Crippen molar-refractivity contribution in [3.63, 3.8) is 0 Å². The number of hydrogen-bond acceptors (Lipinski definition) is 4. The average Bonchev–Trinajstić information content (AvgIpc) is 2.73. The van der Waals surface area contributed by atoms with Gasteiger partial charge in [0.1, 0.15) is 11.9 Å². The van der Waals surface area contributed by atoms with Crippen molar-refractivity contribution in [2.45, 2.75) is 12.2 Å². The van der Waals surface area contributed by atoms with E-state index in [1.807, 2.05) is 71.6 Å². The number of aliphatic carboxylic acids is 1. The van der Waals surface area contributed by atoms with Crippen LogP contribution in [0.2, 0.25) is 0 Å². The van der Waals surface area contributed by atoms with Crippen LogP contribution in [-0.4, -0.2) is 29.6 Å². The molecular formula is C23H21BrN2O3. The van der Waals surface area contributed by atoms with Gasteiger partial charge in [-0.05, 0) is 47.0 Å². The molecule has 1 heterocycles. The van der Waals surface area contributed by atoms with E-state index < -0.39 is 5.97 Å². The van der Waals surface area contributed by atoms with Gasteiger partial charge in [-0.15, -0.1) is 0 Å². The second-order valence-corrected chi connectivity index (χ2v) is 7.85. The van der Waals surface area contributed by atoms with Gasteiger partial charge in [-0.3, -0.25) is 9.69 Å². The summed E-state index contributed by atoms with van der Waals surface area (Å²) in [6, 6.07) is 23.6. The van der Waals surface area contributed by atoms with Crippen LogP contribution in [0.5, 0.6) is 5.75 Å². The Balaban J connectivity index is 1.87. The van der Waals surface area contributed by atoms with Crippen molar-refractivity contribution in [2.24, 2.45) is 0 Å². The lowest BCUT2D eigenvalue weighted by Crippen LogP contribution is -2.44. The molecule has 0 aliphatic carbocycles. The highest BCUT2D eigenvalue weighted by atomic mass is 79.9. The van der Waals surface area contributed by atoms with Crippen LogP contribution in [0.3, 0.4) is 0 Å². The number of hydrogen-bond donors (Lipinski definition) is 2. The Kier molecular flexibility index (Phi) is 5.56. The number of carboxylic acid groups (broad SMARTS) is 1. The van der Waals surface area contributed by atoms with E-state index in [4.69, 9.17) is 4.74 Å². The molecule has 0 unspecified atom stereocenters. The summed E-state index contributed by atoms with van der Waals surface area (Å²) < 4.78 is 6.23. The number of carboxylic acids is 1. The standard InChI is InChI=1S/C23H21BrN2O3/c1-29-18-10-7-16(8-11-18)23-25-20-12-9-17(24)13-19(20)22(26(23)14-21(27)28)15-5-3-2-4-6-15/h2-13,22-23,25H,14H2,1H3,(H,27,28)/t22-,23-/m1/s1. The van der Waals surface area contributed by atoms with Crippen LogP contribution in [0.15, 0.2) is 77.3 Å². The molecule has 6 heteroatoms. The molecule has 0 saturated carbocycles. The Morgan fingerprint density at radius 3 is 2.45 bits per heavy atom. The van der Waals surface area contributed by atoms with Crippen molar-refractivity contribution in [1.82, 2.24) is 4.90 Å². The molecule has 2 N–H and O–H groups in total. The van der Waals surface area contributed by atoms with Crippen molar-refractivity contribution in [3.05, 3.63) is 94.0 Å². The highest BCUT2D eigenvalue weighted by molar-refractivity contribution is 9.10. The summed E-state index contributed by atoms with van der Waals surface area (Å²) >= 11 is 3.56. The summed E-state index contributed by atoms with van der Waals surface area (Å²) in [5, 5.41) is 13.2. The molecule has 3 aromatic rings. The summed E-state index contributed by atoms with van der Waals surface area (Å²) in [6.07, 6.45) is -0.295. The smallest absolute Gasteiger partial charge is 0.317 e. The van der Waals surface area contributed by atoms with Gasteiger partial charge in [0.25, 0.3) is 0 Å². The number of methoxy groups -OCH3 is 1. The molecule has 0 bridgehead atoms. The third-order valence-electron chi connectivity index (χ3n) is 5.13. The number of nitrogens with one attached hydrogen (secondary N) is 1. The monoisotopic (exact) mass is 452 g/mol. The van der Waals surface area contributed by atoms with Crippen molar-refractivity contribution >= 4 is 27.6 Å². The third kappa shape index (κ3) is 3.99. The lowest BCUT2D eigenvalue weighted by atomic mass is 9.91. The van der Waals surface area contributed by atoms with Crippen molar-refractivity contribution < 1.29 is 14.6 Å². The first-order valence-electron chi connectivity index (χ1n) is 9.29. The van der Waals surface area contributed by atoms with Gasteiger partial charge in [0.05, 0.1) is 19.7 Å². The van der Waals surface area contributed by atoms with Crippen LogP contribution in [0, 0.1) is 0 Å². The van der Waals surface area contributed by atoms with Crippen LogP contribution < -0.4 is 10.1 Å². The second kappa shape index (κ2) is 8.27. The summed E-state index contributed by atoms with van der Waals surface area (Å²) in [6.45, 7) is -0.102. The maximum atomic E-state index is 11.8. The van der Waals surface area contributed by atoms with Crippen LogP contribution in [0.1, 0.15) is 28.9 Å². The Hall–Kier alpha value is -2.83. The quantitative estimate of drug-likeness (QED) is 0.566. The zero-order valence-corrected chi connectivity index (χ0v) is 17.5. The van der Waals surface area contributed by atoms with Crippen molar-refractivity contribution in [3.8, 4) is 5.75 Å². The van der Waals surface area contributed by atoms with E-state index in [2.05, 4.69) is 27.3 Å². The fourth-order valence-electron chi connectivity index (χ4n) is 3.86. The summed E-state index contributed by atoms with van der Waals surface area (Å²) in [7, 11) is 1.63. The van der Waals surface area contributed by atoms with Gasteiger partial charge in [0.15, 0.2) is 0 Å². The molecule has 0 amide bonds. The Morgan fingerprint density at radius 2 is 1.79 bits per heavy atom. The van der Waals surface area contributed by atoms with E-state index in [9.17, 15) is 9.90 Å². The molecule has 148 valence electrons. The summed E-state index contributed by atoms with van der Waals surface area (Å²) in [4.78, 5) is 13.8. The molecule has 3 aromatic carbocycles. The van der Waals surface area contributed by atoms with E-state index in [1.54, 1.807) is 7.11 Å². The molecule has 5 nitrogen and oxygen atoms in total. The normalized spacial score (nSPS) is 18.6. The average molecular weight is 453 g/mol. The number of carbonyl (C=O) groups is 1. The first-order chi connectivity index (χ1) is 14.1. The molecule has 0 spiro atoms. The van der Waals surface area contributed by atoms with E-state index in [0.29, 0.717) is 0 Å². The number of fused-ring (bicyclic) bond motifs is 1. The van der Waals surface area contributed by atoms with Crippen LogP contribution in [-0.2, 0) is 4.79 Å². The molecule has 0 saturated heterocycles. The second-order valence-electron chi connectivity index (χ2n) is 6.93. The summed E-state index contributed by atoms with van der Waals surface area (Å²) in [5.74, 6) is -0.108. The Bertz CT molecular complexity index is 1010. The molecule has 29 heavy (non-hydrogen) atoms. The number of rotatable bonds is 5. The highest BCUT2D eigenvalue weighted by Crippen LogP contribution is 2.44. The zero-order valence-electron chi connectivity index (χ0n) is 15.9. The number of halogens is 1. The van der Waals surface area contributed by atoms with Crippen molar-refractivity contribution in [1.29, 1.82) is 0 Å². The SMILES string of the molecule is COc1ccc([C@@H]2Nc3ccc(Br)cc3[C@@H](c3ccccc3)N2CC(=O)O)cc1. The predicted octanol–water partition coefficient (Wildman–Crippen LogP) is 5.06. The fraction of sp³-hybridized carbons (Fsp3) is 0.174. The number of nitrogens with zero attached hydrogens (tertiary/aromatic N) is 1. The number of ether oxygens (including phenoxy) is 1. The summed E-state index contributed by atoms with van der Waals surface area (Å²) in [5.41, 5.74) is 4.05. The van der Waals surface area contributed by atoms with Gasteiger partial charge in [0.2, 0.25) is 0 Å². The minimum atomic E-state index is -0.871. The van der Waals surface area contributed by atoms with Crippen LogP contribution >= 0.6 is 15.9 Å². The molecular weight excluding hydrogens is 432 g/mol. The van der Waals surface area contributed by atoms with Gasteiger partial charge >= 0.3 is 5.97 Å². The van der Waals surface area contributed by atoms with E-state index in [0.717, 1.165) is 32.6 Å². The van der Waals surface area contributed by atoms with E-state index in [1.165, 1.54) is 0 Å². The number of anilines is 1. The number of benzene rings is 3. The minimum absolute atomic E-state index is 0.102. The lowest BCUT2D eigenvalue weighted by Gasteiger charge is -2.44. The molecule has 0 radical (unpaired) electrons. The fourth-order valence-corrected chi connectivity index (χ4v) is 4.23.